The van der Waals surface area contributed by atoms with Gasteiger partial charge >= 0.3 is 5.69 Å². The summed E-state index contributed by atoms with van der Waals surface area (Å²) in [6.45, 7) is 0.279. The molecule has 0 atom stereocenters. The first-order valence-corrected chi connectivity index (χ1v) is 8.50. The van der Waals surface area contributed by atoms with Crippen LogP contribution in [0.5, 0.6) is 0 Å². The van der Waals surface area contributed by atoms with E-state index in [1.807, 2.05) is 17.5 Å². The second-order valence-electron chi connectivity index (χ2n) is 5.15. The molecule has 0 aliphatic rings. The monoisotopic (exact) mass is 376 g/mol. The number of benzene rings is 1. The molecule has 128 valence electrons. The summed E-state index contributed by atoms with van der Waals surface area (Å²) in [4.78, 5) is 37.8. The third kappa shape index (κ3) is 3.54. The van der Waals surface area contributed by atoms with Crippen molar-refractivity contribution in [1.82, 2.24) is 19.7 Å². The molecule has 0 saturated carbocycles. The average molecular weight is 377 g/mol. The number of thiophene rings is 1. The topological polar surface area (TPSA) is 86.0 Å². The minimum Gasteiger partial charge on any atom is -0.346 e. The summed E-state index contributed by atoms with van der Waals surface area (Å²) < 4.78 is 1.85. The quantitative estimate of drug-likeness (QED) is 0.749. The number of nitrogens with one attached hydrogen (secondary N) is 1. The Labute approximate surface area is 151 Å². The van der Waals surface area contributed by atoms with E-state index in [0.717, 1.165) is 14.1 Å². The molecular formula is C16H13ClN4O3S. The first-order chi connectivity index (χ1) is 12.0. The van der Waals surface area contributed by atoms with E-state index in [2.05, 4.69) is 10.4 Å². The van der Waals surface area contributed by atoms with Crippen molar-refractivity contribution < 1.29 is 4.79 Å². The van der Waals surface area contributed by atoms with Gasteiger partial charge in [0.1, 0.15) is 0 Å². The fourth-order valence-electron chi connectivity index (χ4n) is 2.13. The van der Waals surface area contributed by atoms with E-state index in [9.17, 15) is 14.4 Å². The van der Waals surface area contributed by atoms with Crippen LogP contribution < -0.4 is 16.6 Å². The normalized spacial score (nSPS) is 10.6. The molecular weight excluding hydrogens is 364 g/mol. The maximum atomic E-state index is 12.3. The van der Waals surface area contributed by atoms with Gasteiger partial charge in [-0.1, -0.05) is 17.7 Å². The van der Waals surface area contributed by atoms with Gasteiger partial charge in [0.2, 0.25) is 5.69 Å². The van der Waals surface area contributed by atoms with Crippen LogP contribution in [0.1, 0.15) is 15.4 Å². The fourth-order valence-corrected chi connectivity index (χ4v) is 2.90. The zero-order chi connectivity index (χ0) is 18.0. The molecule has 0 aliphatic carbocycles. The molecule has 3 rings (SSSR count). The van der Waals surface area contributed by atoms with Gasteiger partial charge in [0.05, 0.1) is 12.2 Å². The predicted molar refractivity (Wildman–Crippen MR) is 95.6 cm³/mol. The largest absolute Gasteiger partial charge is 0.351 e. The summed E-state index contributed by atoms with van der Waals surface area (Å²) in [5.41, 5.74) is -1.35. The summed E-state index contributed by atoms with van der Waals surface area (Å²) in [6.07, 6.45) is 0. The lowest BCUT2D eigenvalue weighted by molar-refractivity contribution is 0.0941. The van der Waals surface area contributed by atoms with E-state index in [4.69, 9.17) is 11.6 Å². The van der Waals surface area contributed by atoms with Crippen molar-refractivity contribution in [3.05, 3.63) is 78.2 Å². The standard InChI is InChI=1S/C16H13ClN4O3S/c1-20-15(23)13(14(22)18-9-12-3-2-8-25-12)19-21(16(20)24)11-6-4-10(17)5-7-11/h2-8H,9H2,1H3,(H,18,22). The summed E-state index contributed by atoms with van der Waals surface area (Å²) in [6, 6.07) is 10.1. The Morgan fingerprint density at radius 2 is 1.96 bits per heavy atom. The number of carbonyl (C=O) groups is 1. The first kappa shape index (κ1) is 17.1. The van der Waals surface area contributed by atoms with Gasteiger partial charge in [-0.25, -0.2) is 4.79 Å². The summed E-state index contributed by atoms with van der Waals surface area (Å²) in [7, 11) is 1.30. The molecule has 9 heteroatoms. The van der Waals surface area contributed by atoms with Gasteiger partial charge in [-0.05, 0) is 35.7 Å². The van der Waals surface area contributed by atoms with Gasteiger partial charge in [-0.3, -0.25) is 14.2 Å². The van der Waals surface area contributed by atoms with E-state index in [1.54, 1.807) is 24.3 Å². The van der Waals surface area contributed by atoms with Crippen molar-refractivity contribution >= 4 is 28.8 Å². The summed E-state index contributed by atoms with van der Waals surface area (Å²) >= 11 is 7.33. The Bertz CT molecular complexity index is 1020. The number of halogens is 1. The van der Waals surface area contributed by atoms with Crippen LogP contribution in [0, 0.1) is 0 Å². The highest BCUT2D eigenvalue weighted by atomic mass is 35.5. The molecule has 7 nitrogen and oxygen atoms in total. The third-order valence-corrected chi connectivity index (χ3v) is 4.59. The molecule has 0 unspecified atom stereocenters. The molecule has 1 aromatic carbocycles. The third-order valence-electron chi connectivity index (χ3n) is 3.46. The Morgan fingerprint density at radius 3 is 2.60 bits per heavy atom. The Morgan fingerprint density at radius 1 is 1.24 bits per heavy atom. The molecule has 0 aliphatic heterocycles. The number of hydrogen-bond acceptors (Lipinski definition) is 5. The molecule has 0 spiro atoms. The molecule has 25 heavy (non-hydrogen) atoms. The smallest absolute Gasteiger partial charge is 0.346 e. The van der Waals surface area contributed by atoms with E-state index < -0.39 is 17.2 Å². The molecule has 0 radical (unpaired) electrons. The van der Waals surface area contributed by atoms with Crippen molar-refractivity contribution in [2.24, 2.45) is 7.05 Å². The van der Waals surface area contributed by atoms with Crippen molar-refractivity contribution in [2.45, 2.75) is 6.54 Å². The molecule has 2 aromatic heterocycles. The van der Waals surface area contributed by atoms with Gasteiger partial charge in [0.25, 0.3) is 11.5 Å². The highest BCUT2D eigenvalue weighted by molar-refractivity contribution is 7.09. The minimum absolute atomic E-state index is 0.279. The molecule has 0 bridgehead atoms. The molecule has 3 aromatic rings. The van der Waals surface area contributed by atoms with Crippen LogP contribution in [0.15, 0.2) is 51.4 Å². The molecule has 0 fully saturated rings. The zero-order valence-corrected chi connectivity index (χ0v) is 14.7. The van der Waals surface area contributed by atoms with E-state index in [0.29, 0.717) is 10.7 Å². The second kappa shape index (κ2) is 7.04. The van der Waals surface area contributed by atoms with Crippen LogP contribution in [-0.2, 0) is 13.6 Å². The van der Waals surface area contributed by atoms with Gasteiger partial charge < -0.3 is 5.32 Å². The number of carbonyl (C=O) groups excluding carboxylic acids is 1. The lowest BCUT2D eigenvalue weighted by atomic mass is 10.3. The SMILES string of the molecule is Cn1c(=O)c(C(=O)NCc2cccs2)nn(-c2ccc(Cl)cc2)c1=O. The van der Waals surface area contributed by atoms with Crippen molar-refractivity contribution in [1.29, 1.82) is 0 Å². The summed E-state index contributed by atoms with van der Waals surface area (Å²) in [5.74, 6) is -0.642. The number of aromatic nitrogens is 3. The highest BCUT2D eigenvalue weighted by Crippen LogP contribution is 2.11. The van der Waals surface area contributed by atoms with Crippen LogP contribution in [0.2, 0.25) is 5.02 Å². The maximum Gasteiger partial charge on any atom is 0.351 e. The van der Waals surface area contributed by atoms with Crippen molar-refractivity contribution in [2.75, 3.05) is 0 Å². The van der Waals surface area contributed by atoms with Crippen LogP contribution in [0.25, 0.3) is 5.69 Å². The fraction of sp³-hybridized carbons (Fsp3) is 0.125. The van der Waals surface area contributed by atoms with E-state index in [-0.39, 0.29) is 12.2 Å². The van der Waals surface area contributed by atoms with E-state index in [1.165, 1.54) is 18.4 Å². The zero-order valence-electron chi connectivity index (χ0n) is 13.1. The van der Waals surface area contributed by atoms with Crippen LogP contribution >= 0.6 is 22.9 Å². The first-order valence-electron chi connectivity index (χ1n) is 7.24. The van der Waals surface area contributed by atoms with Crippen LogP contribution in [0.4, 0.5) is 0 Å². The second-order valence-corrected chi connectivity index (χ2v) is 6.61. The minimum atomic E-state index is -0.751. The molecule has 1 N–H and O–H groups in total. The van der Waals surface area contributed by atoms with Gasteiger partial charge in [0, 0.05) is 16.9 Å². The van der Waals surface area contributed by atoms with Gasteiger partial charge in [-0.15, -0.1) is 11.3 Å². The Balaban J connectivity index is 1.99. The predicted octanol–water partition coefficient (Wildman–Crippen LogP) is 1.58. The molecule has 0 saturated heterocycles. The van der Waals surface area contributed by atoms with Gasteiger partial charge in [-0.2, -0.15) is 9.78 Å². The average Bonchev–Trinajstić information content (AvgIpc) is 3.12. The van der Waals surface area contributed by atoms with Gasteiger partial charge in [0.15, 0.2) is 0 Å². The highest BCUT2D eigenvalue weighted by Gasteiger charge is 2.18. The number of hydrogen-bond donors (Lipinski definition) is 1. The van der Waals surface area contributed by atoms with E-state index >= 15 is 0 Å². The number of rotatable bonds is 4. The lowest BCUT2D eigenvalue weighted by Gasteiger charge is -2.09. The van der Waals surface area contributed by atoms with Crippen molar-refractivity contribution in [3.63, 3.8) is 0 Å². The Kier molecular flexibility index (Phi) is 4.82. The molecule has 1 amide bonds. The number of nitrogens with zero attached hydrogens (tertiary/aromatic N) is 3. The Hall–Kier alpha value is -2.71. The maximum absolute atomic E-state index is 12.3. The number of amides is 1. The summed E-state index contributed by atoms with van der Waals surface area (Å²) in [5, 5.41) is 8.97. The van der Waals surface area contributed by atoms with Crippen LogP contribution in [0.3, 0.4) is 0 Å². The van der Waals surface area contributed by atoms with Crippen molar-refractivity contribution in [3.8, 4) is 5.69 Å². The van der Waals surface area contributed by atoms with Crippen LogP contribution in [-0.4, -0.2) is 20.3 Å². The lowest BCUT2D eigenvalue weighted by Crippen LogP contribution is -2.44. The molecule has 2 heterocycles.